The lowest BCUT2D eigenvalue weighted by atomic mass is 9.91. The van der Waals surface area contributed by atoms with E-state index < -0.39 is 0 Å². The molecule has 0 amide bonds. The maximum absolute atomic E-state index is 6.29. The van der Waals surface area contributed by atoms with Crippen molar-refractivity contribution in [1.29, 1.82) is 0 Å². The fourth-order valence-electron chi connectivity index (χ4n) is 4.29. The standard InChI is InChI=1S/C17H32N4OS.HI/c1-22-15-4-8-21(9-5-15)17(6-2-3-7-17)14-19-16(18)20-10-12-23-13-11-20;/h15H,2-14H2,1H3,(H2,18,19);1H. The molecule has 2 heterocycles. The van der Waals surface area contributed by atoms with E-state index >= 15 is 0 Å². The molecule has 1 saturated carbocycles. The van der Waals surface area contributed by atoms with Gasteiger partial charge in [-0.25, -0.2) is 0 Å². The van der Waals surface area contributed by atoms with Crippen LogP contribution in [0.2, 0.25) is 0 Å². The van der Waals surface area contributed by atoms with Crippen molar-refractivity contribution < 1.29 is 4.74 Å². The van der Waals surface area contributed by atoms with Crippen LogP contribution in [-0.4, -0.2) is 78.7 Å². The van der Waals surface area contributed by atoms with Gasteiger partial charge in [-0.2, -0.15) is 11.8 Å². The number of halogens is 1. The van der Waals surface area contributed by atoms with Crippen molar-refractivity contribution in [2.45, 2.75) is 50.2 Å². The van der Waals surface area contributed by atoms with Crippen LogP contribution < -0.4 is 5.73 Å². The Kier molecular flexibility index (Phi) is 8.43. The first kappa shape index (κ1) is 20.6. The second-order valence-corrected chi connectivity index (χ2v) is 8.35. The highest BCUT2D eigenvalue weighted by atomic mass is 127. The van der Waals surface area contributed by atoms with E-state index in [1.165, 1.54) is 37.2 Å². The number of piperidine rings is 1. The number of rotatable bonds is 4. The van der Waals surface area contributed by atoms with Crippen LogP contribution in [0, 0.1) is 0 Å². The third kappa shape index (κ3) is 4.92. The highest BCUT2D eigenvalue weighted by Gasteiger charge is 2.41. The highest BCUT2D eigenvalue weighted by molar-refractivity contribution is 14.0. The van der Waals surface area contributed by atoms with Gasteiger partial charge >= 0.3 is 0 Å². The van der Waals surface area contributed by atoms with Crippen molar-refractivity contribution in [1.82, 2.24) is 9.80 Å². The van der Waals surface area contributed by atoms with Crippen molar-refractivity contribution in [3.05, 3.63) is 0 Å². The lowest BCUT2D eigenvalue weighted by molar-refractivity contribution is -0.000104. The van der Waals surface area contributed by atoms with Crippen LogP contribution in [0.25, 0.3) is 0 Å². The van der Waals surface area contributed by atoms with Crippen LogP contribution in [0.4, 0.5) is 0 Å². The number of nitrogens with two attached hydrogens (primary N) is 1. The summed E-state index contributed by atoms with van der Waals surface area (Å²) in [6.07, 6.45) is 7.97. The average molecular weight is 468 g/mol. The molecule has 3 aliphatic rings. The van der Waals surface area contributed by atoms with E-state index in [-0.39, 0.29) is 29.5 Å². The van der Waals surface area contributed by atoms with E-state index in [9.17, 15) is 0 Å². The number of guanidine groups is 1. The molecule has 0 aromatic carbocycles. The summed E-state index contributed by atoms with van der Waals surface area (Å²) in [6.45, 7) is 5.27. The van der Waals surface area contributed by atoms with E-state index in [4.69, 9.17) is 15.5 Å². The van der Waals surface area contributed by atoms with Crippen LogP contribution in [0.3, 0.4) is 0 Å². The Balaban J connectivity index is 0.00000208. The monoisotopic (exact) mass is 468 g/mol. The lowest BCUT2D eigenvalue weighted by Crippen LogP contribution is -2.54. The van der Waals surface area contributed by atoms with Crippen LogP contribution >= 0.6 is 35.7 Å². The molecule has 0 atom stereocenters. The molecule has 0 bridgehead atoms. The molecule has 2 aliphatic heterocycles. The number of methoxy groups -OCH3 is 1. The van der Waals surface area contributed by atoms with Crippen molar-refractivity contribution in [3.63, 3.8) is 0 Å². The first-order valence-corrected chi connectivity index (χ1v) is 10.3. The van der Waals surface area contributed by atoms with Gasteiger partial charge in [0.25, 0.3) is 0 Å². The maximum Gasteiger partial charge on any atom is 0.191 e. The van der Waals surface area contributed by atoms with Gasteiger partial charge in [-0.1, -0.05) is 12.8 Å². The zero-order chi connectivity index (χ0) is 16.1. The van der Waals surface area contributed by atoms with Gasteiger partial charge in [-0.15, -0.1) is 24.0 Å². The molecule has 2 N–H and O–H groups in total. The van der Waals surface area contributed by atoms with Gasteiger partial charge in [0.1, 0.15) is 0 Å². The fourth-order valence-corrected chi connectivity index (χ4v) is 5.20. The first-order chi connectivity index (χ1) is 11.2. The summed E-state index contributed by atoms with van der Waals surface area (Å²) in [5, 5.41) is 0. The molecule has 0 spiro atoms. The minimum absolute atomic E-state index is 0. The van der Waals surface area contributed by atoms with E-state index in [1.807, 2.05) is 18.9 Å². The quantitative estimate of drug-likeness (QED) is 0.390. The van der Waals surface area contributed by atoms with Crippen LogP contribution in [0.5, 0.6) is 0 Å². The van der Waals surface area contributed by atoms with Crippen molar-refractivity contribution in [3.8, 4) is 0 Å². The maximum atomic E-state index is 6.29. The van der Waals surface area contributed by atoms with Gasteiger partial charge in [-0.3, -0.25) is 9.89 Å². The van der Waals surface area contributed by atoms with Gasteiger partial charge in [0.2, 0.25) is 0 Å². The third-order valence-corrected chi connectivity index (χ3v) is 6.79. The van der Waals surface area contributed by atoms with Crippen LogP contribution in [0.15, 0.2) is 4.99 Å². The van der Waals surface area contributed by atoms with E-state index in [0.29, 0.717) is 6.10 Å². The molecule has 5 nitrogen and oxygen atoms in total. The predicted molar refractivity (Wildman–Crippen MR) is 114 cm³/mol. The molecule has 0 aromatic rings. The zero-order valence-electron chi connectivity index (χ0n) is 14.9. The third-order valence-electron chi connectivity index (χ3n) is 5.85. The second-order valence-electron chi connectivity index (χ2n) is 7.13. The van der Waals surface area contributed by atoms with Crippen molar-refractivity contribution >= 4 is 41.7 Å². The van der Waals surface area contributed by atoms with Gasteiger partial charge in [0.15, 0.2) is 5.96 Å². The van der Waals surface area contributed by atoms with E-state index in [1.54, 1.807) is 0 Å². The van der Waals surface area contributed by atoms with Crippen LogP contribution in [-0.2, 0) is 4.74 Å². The van der Waals surface area contributed by atoms with Gasteiger partial charge in [0, 0.05) is 50.3 Å². The largest absolute Gasteiger partial charge is 0.381 e. The minimum atomic E-state index is 0. The Morgan fingerprint density at radius 3 is 2.38 bits per heavy atom. The van der Waals surface area contributed by atoms with Crippen LogP contribution in [0.1, 0.15) is 38.5 Å². The molecular formula is C17H33IN4OS. The Labute approximate surface area is 168 Å². The SMILES string of the molecule is COC1CCN(C2(CN=C(N)N3CCSCC3)CCCC2)CC1.I. The summed E-state index contributed by atoms with van der Waals surface area (Å²) in [5.74, 6) is 3.11. The number of likely N-dealkylation sites (tertiary alicyclic amines) is 1. The number of hydrogen-bond acceptors (Lipinski definition) is 4. The highest BCUT2D eigenvalue weighted by Crippen LogP contribution is 2.37. The summed E-state index contributed by atoms with van der Waals surface area (Å²) in [5.41, 5.74) is 6.54. The number of nitrogens with zero attached hydrogens (tertiary/aromatic N) is 3. The molecule has 24 heavy (non-hydrogen) atoms. The molecule has 3 rings (SSSR count). The van der Waals surface area contributed by atoms with Crippen molar-refractivity contribution in [2.24, 2.45) is 10.7 Å². The number of ether oxygens (including phenoxy) is 1. The zero-order valence-corrected chi connectivity index (χ0v) is 18.1. The van der Waals surface area contributed by atoms with Gasteiger partial charge < -0.3 is 15.4 Å². The fraction of sp³-hybridized carbons (Fsp3) is 0.941. The Morgan fingerprint density at radius 2 is 1.79 bits per heavy atom. The minimum Gasteiger partial charge on any atom is -0.381 e. The number of hydrogen-bond donors (Lipinski definition) is 1. The lowest BCUT2D eigenvalue weighted by Gasteiger charge is -2.44. The Hall–Kier alpha value is 0.270. The molecule has 0 aromatic heterocycles. The summed E-state index contributed by atoms with van der Waals surface area (Å²) >= 11 is 2.01. The summed E-state index contributed by atoms with van der Waals surface area (Å²) in [6, 6.07) is 0. The molecule has 2 saturated heterocycles. The van der Waals surface area contributed by atoms with Gasteiger partial charge in [-0.05, 0) is 25.7 Å². The molecular weight excluding hydrogens is 435 g/mol. The molecule has 7 heteroatoms. The van der Waals surface area contributed by atoms with E-state index in [0.717, 1.165) is 51.5 Å². The molecule has 1 aliphatic carbocycles. The topological polar surface area (TPSA) is 54.1 Å². The number of aliphatic imine (C=N–C) groups is 1. The predicted octanol–water partition coefficient (Wildman–Crippen LogP) is 2.39. The molecule has 0 radical (unpaired) electrons. The summed E-state index contributed by atoms with van der Waals surface area (Å²) in [4.78, 5) is 9.81. The summed E-state index contributed by atoms with van der Waals surface area (Å²) in [7, 11) is 1.84. The number of thioether (sulfide) groups is 1. The average Bonchev–Trinajstić information content (AvgIpc) is 3.11. The second kappa shape index (κ2) is 9.83. The smallest absolute Gasteiger partial charge is 0.191 e. The van der Waals surface area contributed by atoms with E-state index in [2.05, 4.69) is 9.80 Å². The van der Waals surface area contributed by atoms with Gasteiger partial charge in [0.05, 0.1) is 12.6 Å². The molecule has 140 valence electrons. The molecule has 0 unspecified atom stereocenters. The summed E-state index contributed by atoms with van der Waals surface area (Å²) < 4.78 is 5.53. The Morgan fingerprint density at radius 1 is 1.17 bits per heavy atom. The first-order valence-electron chi connectivity index (χ1n) is 9.14. The molecule has 3 fully saturated rings. The van der Waals surface area contributed by atoms with Crippen molar-refractivity contribution in [2.75, 3.05) is 51.3 Å². The normalized spacial score (nSPS) is 26.4. The Bertz CT molecular complexity index is 403.